The fourth-order valence-corrected chi connectivity index (χ4v) is 2.75. The van der Waals surface area contributed by atoms with Crippen LogP contribution >= 0.6 is 0 Å². The molecule has 0 aliphatic heterocycles. The Bertz CT molecular complexity index is 659. The number of hydrogen-bond donors (Lipinski definition) is 1. The van der Waals surface area contributed by atoms with Crippen molar-refractivity contribution in [2.45, 2.75) is 73.6 Å². The van der Waals surface area contributed by atoms with Gasteiger partial charge in [-0.25, -0.2) is 0 Å². The third-order valence-corrected chi connectivity index (χ3v) is 4.70. The molecule has 1 rings (SSSR count). The second-order valence-corrected chi connectivity index (χ2v) is 7.43. The van der Waals surface area contributed by atoms with Gasteiger partial charge in [0.2, 0.25) is 0 Å². The van der Waals surface area contributed by atoms with E-state index in [4.69, 9.17) is 4.74 Å². The second-order valence-electron chi connectivity index (χ2n) is 7.43. The highest BCUT2D eigenvalue weighted by atomic mass is 16.5. The van der Waals surface area contributed by atoms with Crippen LogP contribution in [0.1, 0.15) is 70.9 Å². The van der Waals surface area contributed by atoms with Gasteiger partial charge in [-0.1, -0.05) is 34.9 Å². The lowest BCUT2D eigenvalue weighted by atomic mass is 10.1. The lowest BCUT2D eigenvalue weighted by Crippen LogP contribution is -1.99. The van der Waals surface area contributed by atoms with Crippen molar-refractivity contribution in [1.29, 1.82) is 0 Å². The van der Waals surface area contributed by atoms with Crippen LogP contribution in [0.4, 0.5) is 0 Å². The molecule has 0 bridgehead atoms. The van der Waals surface area contributed by atoms with E-state index in [1.165, 1.54) is 16.7 Å². The molecule has 0 heterocycles. The number of allylic oxidation sites excluding steroid dienone is 5. The largest absolute Gasteiger partial charge is 0.508 e. The summed E-state index contributed by atoms with van der Waals surface area (Å²) in [7, 11) is 0. The maximum absolute atomic E-state index is 9.69. The van der Waals surface area contributed by atoms with Gasteiger partial charge in [0.15, 0.2) is 0 Å². The molecule has 1 aromatic carbocycles. The fraction of sp³-hybridized carbons (Fsp3) is 0.500. The van der Waals surface area contributed by atoms with E-state index in [0.717, 1.165) is 49.0 Å². The SMILES string of the molecule is CC(C)=CCC/C(C)=C/CC/C(C)=C/CCOc1ccc(O)c(C)c1C. The summed E-state index contributed by atoms with van der Waals surface area (Å²) in [4.78, 5) is 0. The Labute approximate surface area is 160 Å². The Balaban J connectivity index is 2.32. The Hall–Kier alpha value is -1.96. The van der Waals surface area contributed by atoms with Gasteiger partial charge in [-0.2, -0.15) is 0 Å². The van der Waals surface area contributed by atoms with Crippen molar-refractivity contribution in [2.24, 2.45) is 0 Å². The van der Waals surface area contributed by atoms with E-state index < -0.39 is 0 Å². The highest BCUT2D eigenvalue weighted by Crippen LogP contribution is 2.28. The lowest BCUT2D eigenvalue weighted by molar-refractivity contribution is 0.321. The summed E-state index contributed by atoms with van der Waals surface area (Å²) in [5.74, 6) is 1.19. The van der Waals surface area contributed by atoms with Crippen LogP contribution in [-0.4, -0.2) is 11.7 Å². The number of phenols is 1. The molecule has 0 aromatic heterocycles. The molecule has 2 nitrogen and oxygen atoms in total. The van der Waals surface area contributed by atoms with Crippen molar-refractivity contribution in [3.63, 3.8) is 0 Å². The molecule has 1 N–H and O–H groups in total. The molecule has 0 radical (unpaired) electrons. The molecule has 0 aliphatic carbocycles. The number of hydrogen-bond acceptors (Lipinski definition) is 2. The summed E-state index contributed by atoms with van der Waals surface area (Å²) in [5, 5.41) is 9.69. The summed E-state index contributed by atoms with van der Waals surface area (Å²) >= 11 is 0. The van der Waals surface area contributed by atoms with Gasteiger partial charge in [-0.3, -0.25) is 0 Å². The third-order valence-electron chi connectivity index (χ3n) is 4.70. The quantitative estimate of drug-likeness (QED) is 0.355. The molecule has 0 atom stereocenters. The molecule has 144 valence electrons. The van der Waals surface area contributed by atoms with E-state index in [2.05, 4.69) is 45.9 Å². The molecule has 0 aliphatic rings. The van der Waals surface area contributed by atoms with Gasteiger partial charge in [-0.15, -0.1) is 0 Å². The minimum Gasteiger partial charge on any atom is -0.508 e. The van der Waals surface area contributed by atoms with Gasteiger partial charge in [0.1, 0.15) is 11.5 Å². The van der Waals surface area contributed by atoms with Crippen LogP contribution in [0, 0.1) is 13.8 Å². The molecule has 0 unspecified atom stereocenters. The van der Waals surface area contributed by atoms with E-state index in [1.54, 1.807) is 6.07 Å². The number of rotatable bonds is 10. The summed E-state index contributed by atoms with van der Waals surface area (Å²) < 4.78 is 5.86. The summed E-state index contributed by atoms with van der Waals surface area (Å²) in [6, 6.07) is 3.54. The van der Waals surface area contributed by atoms with Crippen molar-refractivity contribution in [1.82, 2.24) is 0 Å². The Morgan fingerprint density at radius 3 is 2.04 bits per heavy atom. The molecule has 1 aromatic rings. The van der Waals surface area contributed by atoms with Crippen molar-refractivity contribution in [3.8, 4) is 11.5 Å². The summed E-state index contributed by atoms with van der Waals surface area (Å²) in [6.45, 7) is 13.3. The zero-order valence-corrected chi connectivity index (χ0v) is 17.5. The molecular formula is C24H36O2. The normalized spacial score (nSPS) is 12.2. The lowest BCUT2D eigenvalue weighted by Gasteiger charge is -2.11. The van der Waals surface area contributed by atoms with Crippen LogP contribution in [0.2, 0.25) is 0 Å². The maximum atomic E-state index is 9.69. The number of ether oxygens (including phenoxy) is 1. The van der Waals surface area contributed by atoms with Crippen molar-refractivity contribution in [2.75, 3.05) is 6.61 Å². The monoisotopic (exact) mass is 356 g/mol. The molecule has 2 heteroatoms. The van der Waals surface area contributed by atoms with E-state index in [9.17, 15) is 5.11 Å². The zero-order valence-electron chi connectivity index (χ0n) is 17.5. The molecule has 0 spiro atoms. The Morgan fingerprint density at radius 2 is 1.42 bits per heavy atom. The molecule has 0 amide bonds. The van der Waals surface area contributed by atoms with E-state index in [0.29, 0.717) is 12.4 Å². The third kappa shape index (κ3) is 8.42. The highest BCUT2D eigenvalue weighted by molar-refractivity contribution is 5.46. The van der Waals surface area contributed by atoms with Gasteiger partial charge in [-0.05, 0) is 96.9 Å². The standard InChI is InChI=1S/C24H36O2/c1-18(2)10-7-11-19(3)12-8-13-20(4)14-9-17-26-24-16-15-23(25)21(5)22(24)6/h10,12,14-16,25H,7-9,11,13,17H2,1-6H3/b19-12+,20-14+. The topological polar surface area (TPSA) is 29.5 Å². The van der Waals surface area contributed by atoms with Crippen molar-refractivity contribution < 1.29 is 9.84 Å². The van der Waals surface area contributed by atoms with E-state index in [-0.39, 0.29) is 0 Å². The Kier molecular flexibility index (Phi) is 9.87. The van der Waals surface area contributed by atoms with E-state index in [1.807, 2.05) is 19.9 Å². The van der Waals surface area contributed by atoms with Crippen molar-refractivity contribution >= 4 is 0 Å². The second kappa shape index (κ2) is 11.6. The van der Waals surface area contributed by atoms with Gasteiger partial charge in [0.25, 0.3) is 0 Å². The first-order valence-corrected chi connectivity index (χ1v) is 9.67. The molecule has 26 heavy (non-hydrogen) atoms. The predicted molar refractivity (Wildman–Crippen MR) is 113 cm³/mol. The molecular weight excluding hydrogens is 320 g/mol. The average Bonchev–Trinajstić information content (AvgIpc) is 2.58. The van der Waals surface area contributed by atoms with Crippen LogP contribution in [0.25, 0.3) is 0 Å². The number of aromatic hydroxyl groups is 1. The number of phenolic OH excluding ortho intramolecular Hbond substituents is 1. The van der Waals surface area contributed by atoms with Gasteiger partial charge >= 0.3 is 0 Å². The first kappa shape index (κ1) is 22.1. The highest BCUT2D eigenvalue weighted by Gasteiger charge is 2.05. The van der Waals surface area contributed by atoms with E-state index >= 15 is 0 Å². The van der Waals surface area contributed by atoms with Gasteiger partial charge in [0.05, 0.1) is 6.61 Å². The molecule has 0 saturated heterocycles. The summed E-state index contributed by atoms with van der Waals surface area (Å²) in [6.07, 6.45) is 12.4. The molecule has 0 fully saturated rings. The van der Waals surface area contributed by atoms with Crippen LogP contribution in [0.5, 0.6) is 11.5 Å². The van der Waals surface area contributed by atoms with Gasteiger partial charge in [0, 0.05) is 0 Å². The Morgan fingerprint density at radius 1 is 0.846 bits per heavy atom. The molecule has 0 saturated carbocycles. The van der Waals surface area contributed by atoms with Crippen LogP contribution in [-0.2, 0) is 0 Å². The van der Waals surface area contributed by atoms with Crippen LogP contribution in [0.3, 0.4) is 0 Å². The minimum absolute atomic E-state index is 0.329. The summed E-state index contributed by atoms with van der Waals surface area (Å²) in [5.41, 5.74) is 6.20. The van der Waals surface area contributed by atoms with Crippen LogP contribution in [0.15, 0.2) is 47.1 Å². The maximum Gasteiger partial charge on any atom is 0.122 e. The number of benzene rings is 1. The van der Waals surface area contributed by atoms with Gasteiger partial charge < -0.3 is 9.84 Å². The predicted octanol–water partition coefficient (Wildman–Crippen LogP) is 7.20. The fourth-order valence-electron chi connectivity index (χ4n) is 2.75. The average molecular weight is 357 g/mol. The van der Waals surface area contributed by atoms with Crippen LogP contribution < -0.4 is 4.74 Å². The minimum atomic E-state index is 0.329. The van der Waals surface area contributed by atoms with Crippen molar-refractivity contribution in [3.05, 3.63) is 58.2 Å². The zero-order chi connectivity index (χ0) is 19.5. The first-order chi connectivity index (χ1) is 12.3. The first-order valence-electron chi connectivity index (χ1n) is 9.67. The smallest absolute Gasteiger partial charge is 0.122 e.